The van der Waals surface area contributed by atoms with E-state index in [4.69, 9.17) is 0 Å². The van der Waals surface area contributed by atoms with E-state index in [1.807, 2.05) is 0 Å². The molecule has 0 spiro atoms. The summed E-state index contributed by atoms with van der Waals surface area (Å²) in [6.07, 6.45) is -3.50. The number of hydrogen-bond donors (Lipinski definition) is 1. The fraction of sp³-hybridized carbons (Fsp3) is 0.375. The lowest BCUT2D eigenvalue weighted by Crippen LogP contribution is -2.07. The Morgan fingerprint density at radius 1 is 1.38 bits per heavy atom. The van der Waals surface area contributed by atoms with Crippen molar-refractivity contribution in [2.75, 3.05) is 12.4 Å². The molecule has 2 nitrogen and oxygen atoms in total. The second-order valence-electron chi connectivity index (χ2n) is 2.64. The normalized spacial score (nSPS) is 11.5. The van der Waals surface area contributed by atoms with Crippen molar-refractivity contribution in [3.05, 3.63) is 23.4 Å². The molecule has 13 heavy (non-hydrogen) atoms. The van der Waals surface area contributed by atoms with Gasteiger partial charge in [0.05, 0.1) is 5.56 Å². The van der Waals surface area contributed by atoms with E-state index in [-0.39, 0.29) is 0 Å². The molecule has 0 saturated carbocycles. The Kier molecular flexibility index (Phi) is 2.45. The third kappa shape index (κ3) is 2.11. The average molecular weight is 190 g/mol. The van der Waals surface area contributed by atoms with Crippen LogP contribution in [0.1, 0.15) is 11.1 Å². The van der Waals surface area contributed by atoms with Crippen LogP contribution in [0.4, 0.5) is 19.0 Å². The summed E-state index contributed by atoms with van der Waals surface area (Å²) >= 11 is 0. The highest BCUT2D eigenvalue weighted by Gasteiger charge is 2.31. The first-order valence-corrected chi connectivity index (χ1v) is 3.66. The number of aromatic nitrogens is 1. The van der Waals surface area contributed by atoms with Crippen molar-refractivity contribution in [3.8, 4) is 0 Å². The van der Waals surface area contributed by atoms with Gasteiger partial charge in [0, 0.05) is 13.2 Å². The van der Waals surface area contributed by atoms with Gasteiger partial charge in [-0.25, -0.2) is 4.98 Å². The molecule has 0 saturated heterocycles. The molecule has 1 N–H and O–H groups in total. The second kappa shape index (κ2) is 3.24. The van der Waals surface area contributed by atoms with Gasteiger partial charge >= 0.3 is 6.18 Å². The minimum absolute atomic E-state index is 0.466. The summed E-state index contributed by atoms with van der Waals surface area (Å²) in [7, 11) is 1.61. The van der Waals surface area contributed by atoms with Crippen LogP contribution in [0.5, 0.6) is 0 Å². The van der Waals surface area contributed by atoms with Gasteiger partial charge in [-0.05, 0) is 18.6 Å². The summed E-state index contributed by atoms with van der Waals surface area (Å²) in [5.41, 5.74) is -0.235. The van der Waals surface area contributed by atoms with Gasteiger partial charge in [0.1, 0.15) is 5.82 Å². The number of nitrogens with one attached hydrogen (secondary N) is 1. The van der Waals surface area contributed by atoms with Gasteiger partial charge in [-0.1, -0.05) is 0 Å². The van der Waals surface area contributed by atoms with E-state index in [1.54, 1.807) is 14.0 Å². The maximum atomic E-state index is 12.1. The SMILES string of the molecule is CNc1ncc(C(F)(F)F)cc1C. The lowest BCUT2D eigenvalue weighted by Gasteiger charge is -2.09. The zero-order chi connectivity index (χ0) is 10.1. The lowest BCUT2D eigenvalue weighted by atomic mass is 10.2. The Labute approximate surface area is 73.8 Å². The Hall–Kier alpha value is -1.26. The van der Waals surface area contributed by atoms with Crippen molar-refractivity contribution in [3.63, 3.8) is 0 Å². The van der Waals surface area contributed by atoms with Crippen LogP contribution in [0, 0.1) is 6.92 Å². The standard InChI is InChI=1S/C8H9F3N2/c1-5-3-6(8(9,10)11)4-13-7(5)12-2/h3-4H,1-2H3,(H,12,13). The predicted octanol–water partition coefficient (Wildman–Crippen LogP) is 2.45. The Morgan fingerprint density at radius 2 is 2.00 bits per heavy atom. The molecule has 0 aromatic carbocycles. The van der Waals surface area contributed by atoms with Gasteiger partial charge < -0.3 is 5.32 Å². The summed E-state index contributed by atoms with van der Waals surface area (Å²) in [4.78, 5) is 3.63. The molecule has 0 aliphatic rings. The maximum Gasteiger partial charge on any atom is 0.417 e. The van der Waals surface area contributed by atoms with E-state index in [0.29, 0.717) is 11.4 Å². The van der Waals surface area contributed by atoms with E-state index >= 15 is 0 Å². The van der Waals surface area contributed by atoms with Gasteiger partial charge in [-0.3, -0.25) is 0 Å². The first-order valence-electron chi connectivity index (χ1n) is 3.66. The van der Waals surface area contributed by atoms with Crippen LogP contribution in [0.15, 0.2) is 12.3 Å². The fourth-order valence-corrected chi connectivity index (χ4v) is 0.992. The molecule has 1 rings (SSSR count). The number of nitrogens with zero attached hydrogens (tertiary/aromatic N) is 1. The molecule has 0 aliphatic carbocycles. The molecule has 0 bridgehead atoms. The molecule has 72 valence electrons. The predicted molar refractivity (Wildman–Crippen MR) is 43.5 cm³/mol. The molecule has 0 amide bonds. The molecule has 1 aromatic heterocycles. The number of rotatable bonds is 1. The average Bonchev–Trinajstić information content (AvgIpc) is 2.02. The monoisotopic (exact) mass is 190 g/mol. The van der Waals surface area contributed by atoms with Gasteiger partial charge in [-0.15, -0.1) is 0 Å². The highest BCUT2D eigenvalue weighted by atomic mass is 19.4. The molecule has 0 radical (unpaired) electrons. The topological polar surface area (TPSA) is 24.9 Å². The minimum atomic E-state index is -4.32. The van der Waals surface area contributed by atoms with Crippen LogP contribution in [0.3, 0.4) is 0 Å². The first-order chi connectivity index (χ1) is 5.95. The molecule has 5 heteroatoms. The zero-order valence-electron chi connectivity index (χ0n) is 7.24. The number of aryl methyl sites for hydroxylation is 1. The number of hydrogen-bond acceptors (Lipinski definition) is 2. The van der Waals surface area contributed by atoms with Crippen LogP contribution in [-0.4, -0.2) is 12.0 Å². The van der Waals surface area contributed by atoms with Gasteiger partial charge in [0.2, 0.25) is 0 Å². The zero-order valence-corrected chi connectivity index (χ0v) is 7.24. The summed E-state index contributed by atoms with van der Waals surface area (Å²) < 4.78 is 36.4. The van der Waals surface area contributed by atoms with Crippen LogP contribution < -0.4 is 5.32 Å². The molecular weight excluding hydrogens is 181 g/mol. The Balaban J connectivity index is 3.10. The van der Waals surface area contributed by atoms with Crippen molar-refractivity contribution in [2.45, 2.75) is 13.1 Å². The number of alkyl halides is 3. The summed E-state index contributed by atoms with van der Waals surface area (Å²) in [6, 6.07) is 1.07. The van der Waals surface area contributed by atoms with Crippen LogP contribution in [-0.2, 0) is 6.18 Å². The van der Waals surface area contributed by atoms with E-state index in [2.05, 4.69) is 10.3 Å². The van der Waals surface area contributed by atoms with E-state index in [0.717, 1.165) is 12.3 Å². The Morgan fingerprint density at radius 3 is 2.38 bits per heavy atom. The molecule has 0 fully saturated rings. The van der Waals surface area contributed by atoms with E-state index in [9.17, 15) is 13.2 Å². The molecule has 0 aliphatic heterocycles. The smallest absolute Gasteiger partial charge is 0.373 e. The summed E-state index contributed by atoms with van der Waals surface area (Å²) in [5.74, 6) is 0.466. The highest BCUT2D eigenvalue weighted by Crippen LogP contribution is 2.30. The van der Waals surface area contributed by atoms with Crippen molar-refractivity contribution in [1.82, 2.24) is 4.98 Å². The number of pyridine rings is 1. The molecule has 0 atom stereocenters. The van der Waals surface area contributed by atoms with Crippen molar-refractivity contribution >= 4 is 5.82 Å². The quantitative estimate of drug-likeness (QED) is 0.735. The number of halogens is 3. The largest absolute Gasteiger partial charge is 0.417 e. The lowest BCUT2D eigenvalue weighted by molar-refractivity contribution is -0.137. The van der Waals surface area contributed by atoms with Gasteiger partial charge in [0.15, 0.2) is 0 Å². The summed E-state index contributed by atoms with van der Waals surface area (Å²) in [6.45, 7) is 1.58. The summed E-state index contributed by atoms with van der Waals surface area (Å²) in [5, 5.41) is 2.70. The molecule has 0 unspecified atom stereocenters. The van der Waals surface area contributed by atoms with Crippen molar-refractivity contribution < 1.29 is 13.2 Å². The van der Waals surface area contributed by atoms with E-state index in [1.165, 1.54) is 0 Å². The molecule has 1 heterocycles. The molecule has 1 aromatic rings. The van der Waals surface area contributed by atoms with Crippen molar-refractivity contribution in [1.29, 1.82) is 0 Å². The van der Waals surface area contributed by atoms with Gasteiger partial charge in [0.25, 0.3) is 0 Å². The second-order valence-corrected chi connectivity index (χ2v) is 2.64. The molecular formula is C8H9F3N2. The third-order valence-electron chi connectivity index (χ3n) is 1.64. The minimum Gasteiger partial charge on any atom is -0.373 e. The fourth-order valence-electron chi connectivity index (χ4n) is 0.992. The van der Waals surface area contributed by atoms with Crippen LogP contribution in [0.2, 0.25) is 0 Å². The van der Waals surface area contributed by atoms with Crippen LogP contribution in [0.25, 0.3) is 0 Å². The Bertz CT molecular complexity index is 307. The number of anilines is 1. The first kappa shape index (κ1) is 9.83. The third-order valence-corrected chi connectivity index (χ3v) is 1.64. The highest BCUT2D eigenvalue weighted by molar-refractivity contribution is 5.44. The maximum absolute atomic E-state index is 12.1. The van der Waals surface area contributed by atoms with E-state index < -0.39 is 11.7 Å². The van der Waals surface area contributed by atoms with Crippen molar-refractivity contribution in [2.24, 2.45) is 0 Å². The van der Waals surface area contributed by atoms with Gasteiger partial charge in [-0.2, -0.15) is 13.2 Å². The van der Waals surface area contributed by atoms with Crippen LogP contribution >= 0.6 is 0 Å².